The molecule has 1 amide bonds. The number of methoxy groups -OCH3 is 1. The Bertz CT molecular complexity index is 494. The highest BCUT2D eigenvalue weighted by atomic mass is 32.2. The normalized spacial score (nSPS) is 14.4. The molecule has 0 bridgehead atoms. The summed E-state index contributed by atoms with van der Waals surface area (Å²) in [6, 6.07) is 7.41. The van der Waals surface area contributed by atoms with E-state index in [4.69, 9.17) is 4.74 Å². The van der Waals surface area contributed by atoms with Crippen LogP contribution in [-0.4, -0.2) is 28.0 Å². The lowest BCUT2D eigenvalue weighted by Crippen LogP contribution is -2.46. The van der Waals surface area contributed by atoms with Gasteiger partial charge in [-0.1, -0.05) is 12.1 Å². The van der Waals surface area contributed by atoms with Crippen LogP contribution in [0.4, 0.5) is 0 Å². The first-order valence-electron chi connectivity index (χ1n) is 6.55. The van der Waals surface area contributed by atoms with Crippen molar-refractivity contribution in [1.29, 1.82) is 0 Å². The Morgan fingerprint density at radius 3 is 2.60 bits per heavy atom. The molecule has 0 fully saturated rings. The van der Waals surface area contributed by atoms with Crippen molar-refractivity contribution < 1.29 is 13.7 Å². The van der Waals surface area contributed by atoms with Gasteiger partial charge in [-0.05, 0) is 45.4 Å². The molecule has 0 saturated carbocycles. The molecule has 5 heteroatoms. The van der Waals surface area contributed by atoms with E-state index in [2.05, 4.69) is 5.32 Å². The Morgan fingerprint density at radius 1 is 1.40 bits per heavy atom. The number of hydrogen-bond acceptors (Lipinski definition) is 3. The summed E-state index contributed by atoms with van der Waals surface area (Å²) >= 11 is 0. The molecule has 0 radical (unpaired) electrons. The second-order valence-corrected chi connectivity index (χ2v) is 7.52. The van der Waals surface area contributed by atoms with Crippen LogP contribution < -0.4 is 10.1 Å². The minimum absolute atomic E-state index is 0.182. The molecule has 0 aliphatic carbocycles. The molecule has 1 N–H and O–H groups in total. The Kier molecular flexibility index (Phi) is 5.74. The van der Waals surface area contributed by atoms with Gasteiger partial charge < -0.3 is 10.1 Å². The van der Waals surface area contributed by atoms with Crippen LogP contribution in [0.1, 0.15) is 33.3 Å². The van der Waals surface area contributed by atoms with E-state index in [1.807, 2.05) is 45.0 Å². The van der Waals surface area contributed by atoms with E-state index in [0.717, 1.165) is 11.3 Å². The molecule has 0 aliphatic rings. The van der Waals surface area contributed by atoms with Crippen LogP contribution in [0.3, 0.4) is 0 Å². The van der Waals surface area contributed by atoms with E-state index in [9.17, 15) is 9.00 Å². The number of nitrogens with one attached hydrogen (secondary N) is 1. The highest BCUT2D eigenvalue weighted by Gasteiger charge is 2.23. The maximum Gasteiger partial charge on any atom is 0.235 e. The topological polar surface area (TPSA) is 55.4 Å². The third kappa shape index (κ3) is 5.33. The predicted octanol–water partition coefficient (Wildman–Crippen LogP) is 2.25. The number of amides is 1. The summed E-state index contributed by atoms with van der Waals surface area (Å²) in [4.78, 5) is 12.0. The second kappa shape index (κ2) is 6.88. The Balaban J connectivity index is 2.68. The zero-order valence-electron chi connectivity index (χ0n) is 12.7. The molecule has 2 atom stereocenters. The molecular weight excluding hydrogens is 274 g/mol. The van der Waals surface area contributed by atoms with Crippen molar-refractivity contribution in [3.8, 4) is 5.75 Å². The van der Waals surface area contributed by atoms with Gasteiger partial charge in [-0.2, -0.15) is 0 Å². The molecule has 1 rings (SSSR count). The summed E-state index contributed by atoms with van der Waals surface area (Å²) in [7, 11) is 0.334. The lowest BCUT2D eigenvalue weighted by molar-refractivity contribution is -0.121. The van der Waals surface area contributed by atoms with E-state index in [-0.39, 0.29) is 11.4 Å². The number of carbonyl (C=O) groups is 1. The summed E-state index contributed by atoms with van der Waals surface area (Å²) in [6.45, 7) is 7.41. The van der Waals surface area contributed by atoms with Gasteiger partial charge >= 0.3 is 0 Å². The number of rotatable bonds is 5. The van der Waals surface area contributed by atoms with Crippen LogP contribution in [-0.2, 0) is 21.3 Å². The van der Waals surface area contributed by atoms with Gasteiger partial charge in [0, 0.05) is 22.1 Å². The van der Waals surface area contributed by atoms with Gasteiger partial charge in [0.25, 0.3) is 0 Å². The minimum atomic E-state index is -1.26. The molecule has 0 aromatic heterocycles. The molecule has 0 saturated heterocycles. The van der Waals surface area contributed by atoms with Crippen LogP contribution in [0.5, 0.6) is 5.75 Å². The van der Waals surface area contributed by atoms with Crippen molar-refractivity contribution in [1.82, 2.24) is 5.32 Å². The molecule has 0 unspecified atom stereocenters. The fourth-order valence-electron chi connectivity index (χ4n) is 1.64. The summed E-state index contributed by atoms with van der Waals surface area (Å²) in [5.41, 5.74) is 0.587. The third-order valence-electron chi connectivity index (χ3n) is 2.70. The number of benzene rings is 1. The monoisotopic (exact) mass is 297 g/mol. The molecule has 0 heterocycles. The summed E-state index contributed by atoms with van der Waals surface area (Å²) in [5, 5.41) is 2.31. The smallest absolute Gasteiger partial charge is 0.235 e. The van der Waals surface area contributed by atoms with Crippen LogP contribution >= 0.6 is 0 Å². The standard InChI is InChI=1S/C15H23NO3S/c1-11(14(17)16-15(2,3)4)20(18)10-12-7-6-8-13(9-12)19-5/h6-9,11H,10H2,1-5H3,(H,16,17)/t11-,20+/m1/s1. The molecule has 0 aliphatic heterocycles. The fraction of sp³-hybridized carbons (Fsp3) is 0.533. The van der Waals surface area contributed by atoms with Crippen molar-refractivity contribution in [2.75, 3.05) is 7.11 Å². The van der Waals surface area contributed by atoms with Gasteiger partial charge in [0.05, 0.1) is 7.11 Å². The molecule has 20 heavy (non-hydrogen) atoms. The van der Waals surface area contributed by atoms with Crippen molar-refractivity contribution >= 4 is 16.7 Å². The Hall–Kier alpha value is -1.36. The average Bonchev–Trinajstić information content (AvgIpc) is 2.36. The first-order valence-corrected chi connectivity index (χ1v) is 7.93. The second-order valence-electron chi connectivity index (χ2n) is 5.76. The number of carbonyl (C=O) groups excluding carboxylic acids is 1. The average molecular weight is 297 g/mol. The van der Waals surface area contributed by atoms with Gasteiger partial charge in [-0.25, -0.2) is 0 Å². The predicted molar refractivity (Wildman–Crippen MR) is 82.2 cm³/mol. The van der Waals surface area contributed by atoms with Crippen LogP contribution in [0.25, 0.3) is 0 Å². The minimum Gasteiger partial charge on any atom is -0.497 e. The van der Waals surface area contributed by atoms with Crippen LogP contribution in [0.2, 0.25) is 0 Å². The van der Waals surface area contributed by atoms with Crippen LogP contribution in [0, 0.1) is 0 Å². The summed E-state index contributed by atoms with van der Waals surface area (Å²) in [5.74, 6) is 0.890. The van der Waals surface area contributed by atoms with Gasteiger partial charge in [0.15, 0.2) is 0 Å². The maximum atomic E-state index is 12.2. The Morgan fingerprint density at radius 2 is 2.05 bits per heavy atom. The van der Waals surface area contributed by atoms with Crippen molar-refractivity contribution in [3.05, 3.63) is 29.8 Å². The molecule has 1 aromatic rings. The maximum absolute atomic E-state index is 12.2. The van der Waals surface area contributed by atoms with Crippen molar-refractivity contribution in [2.45, 2.75) is 44.2 Å². The first kappa shape index (κ1) is 16.7. The van der Waals surface area contributed by atoms with Crippen molar-refractivity contribution in [2.24, 2.45) is 0 Å². The number of ether oxygens (including phenoxy) is 1. The van der Waals surface area contributed by atoms with Crippen LogP contribution in [0.15, 0.2) is 24.3 Å². The van der Waals surface area contributed by atoms with Gasteiger partial charge in [0.1, 0.15) is 11.0 Å². The summed E-state index contributed by atoms with van der Waals surface area (Å²) < 4.78 is 17.4. The fourth-order valence-corrected chi connectivity index (χ4v) is 2.70. The van der Waals surface area contributed by atoms with E-state index in [1.165, 1.54) is 0 Å². The highest BCUT2D eigenvalue weighted by Crippen LogP contribution is 2.15. The third-order valence-corrected chi connectivity index (χ3v) is 4.33. The van der Waals surface area contributed by atoms with Gasteiger partial charge in [-0.15, -0.1) is 0 Å². The lowest BCUT2D eigenvalue weighted by Gasteiger charge is -2.23. The highest BCUT2D eigenvalue weighted by molar-refractivity contribution is 7.85. The van der Waals surface area contributed by atoms with E-state index >= 15 is 0 Å². The van der Waals surface area contributed by atoms with E-state index in [1.54, 1.807) is 14.0 Å². The summed E-state index contributed by atoms with van der Waals surface area (Å²) in [6.07, 6.45) is 0. The van der Waals surface area contributed by atoms with E-state index in [0.29, 0.717) is 5.75 Å². The molecule has 0 spiro atoms. The molecule has 4 nitrogen and oxygen atoms in total. The quantitative estimate of drug-likeness (QED) is 0.907. The largest absolute Gasteiger partial charge is 0.497 e. The first-order chi connectivity index (χ1) is 9.23. The zero-order valence-corrected chi connectivity index (χ0v) is 13.5. The Labute approximate surface area is 123 Å². The molecule has 1 aromatic carbocycles. The van der Waals surface area contributed by atoms with Gasteiger partial charge in [-0.3, -0.25) is 9.00 Å². The lowest BCUT2D eigenvalue weighted by atomic mass is 10.1. The molecule has 112 valence electrons. The van der Waals surface area contributed by atoms with E-state index < -0.39 is 16.0 Å². The van der Waals surface area contributed by atoms with Crippen molar-refractivity contribution in [3.63, 3.8) is 0 Å². The number of hydrogen-bond donors (Lipinski definition) is 1. The SMILES string of the molecule is COc1cccc(C[S@](=O)[C@H](C)C(=O)NC(C)(C)C)c1. The molecular formula is C15H23NO3S. The zero-order chi connectivity index (χ0) is 15.3. The van der Waals surface area contributed by atoms with Gasteiger partial charge in [0.2, 0.25) is 5.91 Å².